The Morgan fingerprint density at radius 3 is 2.56 bits per heavy atom. The van der Waals surface area contributed by atoms with E-state index in [1.54, 1.807) is 14.2 Å². The summed E-state index contributed by atoms with van der Waals surface area (Å²) in [6.45, 7) is 1.76. The fraction of sp³-hybridized carbons (Fsp3) is 0.500. The summed E-state index contributed by atoms with van der Waals surface area (Å²) in [5.74, 6) is 1.49. The zero-order valence-corrected chi connectivity index (χ0v) is 11.3. The molecule has 0 N–H and O–H groups in total. The summed E-state index contributed by atoms with van der Waals surface area (Å²) in [7, 11) is 5.32. The maximum atomic E-state index is 8.50. The first-order valence-electron chi connectivity index (χ1n) is 5.97. The number of unbranched alkanes of at least 4 members (excludes halogenated alkanes) is 1. The van der Waals surface area contributed by atoms with Gasteiger partial charge in [0.25, 0.3) is 0 Å². The third-order valence-corrected chi connectivity index (χ3v) is 2.73. The molecule has 1 aromatic carbocycles. The monoisotopic (exact) mass is 248 g/mol. The first-order valence-corrected chi connectivity index (χ1v) is 5.97. The molecule has 0 bridgehead atoms. The van der Waals surface area contributed by atoms with Gasteiger partial charge in [-0.2, -0.15) is 5.26 Å². The summed E-state index contributed by atoms with van der Waals surface area (Å²) in [5.41, 5.74) is 1.17. The summed E-state index contributed by atoms with van der Waals surface area (Å²) in [6, 6.07) is 8.09. The highest BCUT2D eigenvalue weighted by atomic mass is 16.5. The van der Waals surface area contributed by atoms with Crippen LogP contribution < -0.4 is 9.47 Å². The van der Waals surface area contributed by atoms with Crippen molar-refractivity contribution in [1.29, 1.82) is 5.26 Å². The Bertz CT molecular complexity index is 413. The average molecular weight is 248 g/mol. The molecule has 4 heteroatoms. The SMILES string of the molecule is COc1ccc(CN(C)CCCC#N)cc1OC. The molecule has 1 rings (SSSR count). The maximum absolute atomic E-state index is 8.50. The predicted molar refractivity (Wildman–Crippen MR) is 70.7 cm³/mol. The molecular weight excluding hydrogens is 228 g/mol. The largest absolute Gasteiger partial charge is 0.493 e. The van der Waals surface area contributed by atoms with E-state index in [0.29, 0.717) is 6.42 Å². The van der Waals surface area contributed by atoms with Crippen LogP contribution in [0.3, 0.4) is 0 Å². The van der Waals surface area contributed by atoms with E-state index in [1.165, 1.54) is 5.56 Å². The highest BCUT2D eigenvalue weighted by Crippen LogP contribution is 2.27. The Hall–Kier alpha value is -1.73. The van der Waals surface area contributed by atoms with Crippen molar-refractivity contribution >= 4 is 0 Å². The van der Waals surface area contributed by atoms with Crippen LogP contribution in [0.5, 0.6) is 11.5 Å². The van der Waals surface area contributed by atoms with E-state index >= 15 is 0 Å². The molecule has 1 aromatic rings. The van der Waals surface area contributed by atoms with E-state index in [2.05, 4.69) is 11.0 Å². The van der Waals surface area contributed by atoms with Gasteiger partial charge in [0.05, 0.1) is 20.3 Å². The fourth-order valence-electron chi connectivity index (χ4n) is 1.80. The molecule has 0 amide bonds. The number of ether oxygens (including phenoxy) is 2. The first-order chi connectivity index (χ1) is 8.71. The van der Waals surface area contributed by atoms with Crippen LogP contribution in [0.1, 0.15) is 18.4 Å². The standard InChI is InChI=1S/C14H20N2O2/c1-16(9-5-4-8-15)11-12-6-7-13(17-2)14(10-12)18-3/h6-7,10H,4-5,9,11H2,1-3H3. The molecule has 0 aliphatic heterocycles. The van der Waals surface area contributed by atoms with Crippen LogP contribution in [0.2, 0.25) is 0 Å². The van der Waals surface area contributed by atoms with Crippen molar-refractivity contribution in [1.82, 2.24) is 4.90 Å². The van der Waals surface area contributed by atoms with Gasteiger partial charge in [0.2, 0.25) is 0 Å². The lowest BCUT2D eigenvalue weighted by Gasteiger charge is -2.17. The molecular formula is C14H20N2O2. The predicted octanol–water partition coefficient (Wildman–Crippen LogP) is 2.44. The summed E-state index contributed by atoms with van der Waals surface area (Å²) in [5, 5.41) is 8.50. The van der Waals surface area contributed by atoms with Crippen molar-refractivity contribution in [3.63, 3.8) is 0 Å². The van der Waals surface area contributed by atoms with E-state index in [9.17, 15) is 0 Å². The van der Waals surface area contributed by atoms with Crippen molar-refractivity contribution in [3.8, 4) is 17.6 Å². The Labute approximate surface area is 109 Å². The quantitative estimate of drug-likeness (QED) is 0.695. The zero-order valence-electron chi connectivity index (χ0n) is 11.3. The number of nitrogens with zero attached hydrogens (tertiary/aromatic N) is 2. The summed E-state index contributed by atoms with van der Waals surface area (Å²) >= 11 is 0. The lowest BCUT2D eigenvalue weighted by molar-refractivity contribution is 0.320. The maximum Gasteiger partial charge on any atom is 0.161 e. The number of nitriles is 1. The van der Waals surface area contributed by atoms with E-state index in [-0.39, 0.29) is 0 Å². The lowest BCUT2D eigenvalue weighted by Crippen LogP contribution is -2.19. The van der Waals surface area contributed by atoms with Gasteiger partial charge in [0, 0.05) is 13.0 Å². The van der Waals surface area contributed by atoms with Crippen molar-refractivity contribution in [2.45, 2.75) is 19.4 Å². The second kappa shape index (κ2) is 7.57. The molecule has 0 aromatic heterocycles. The van der Waals surface area contributed by atoms with Crippen LogP contribution in [0, 0.1) is 11.3 Å². The number of hydrogen-bond acceptors (Lipinski definition) is 4. The molecule has 0 atom stereocenters. The van der Waals surface area contributed by atoms with Gasteiger partial charge in [-0.05, 0) is 37.7 Å². The van der Waals surface area contributed by atoms with Crippen LogP contribution in [0.4, 0.5) is 0 Å². The van der Waals surface area contributed by atoms with Gasteiger partial charge in [-0.25, -0.2) is 0 Å². The van der Waals surface area contributed by atoms with Gasteiger partial charge in [0.1, 0.15) is 0 Å². The molecule has 4 nitrogen and oxygen atoms in total. The first kappa shape index (κ1) is 14.3. The molecule has 0 saturated heterocycles. The minimum atomic E-state index is 0.607. The van der Waals surface area contributed by atoms with Crippen molar-refractivity contribution in [2.24, 2.45) is 0 Å². The second-order valence-corrected chi connectivity index (χ2v) is 4.19. The Morgan fingerprint density at radius 1 is 1.22 bits per heavy atom. The van der Waals surface area contributed by atoms with Crippen LogP contribution in [-0.2, 0) is 6.54 Å². The third-order valence-electron chi connectivity index (χ3n) is 2.73. The molecule has 0 spiro atoms. The van der Waals surface area contributed by atoms with E-state index in [0.717, 1.165) is 31.0 Å². The van der Waals surface area contributed by atoms with Gasteiger partial charge < -0.3 is 14.4 Å². The second-order valence-electron chi connectivity index (χ2n) is 4.19. The Morgan fingerprint density at radius 2 is 1.94 bits per heavy atom. The third kappa shape index (κ3) is 4.27. The molecule has 0 aliphatic carbocycles. The highest BCUT2D eigenvalue weighted by molar-refractivity contribution is 5.42. The molecule has 98 valence electrons. The van der Waals surface area contributed by atoms with Gasteiger partial charge in [-0.1, -0.05) is 6.07 Å². The average Bonchev–Trinajstić information content (AvgIpc) is 2.39. The topological polar surface area (TPSA) is 45.5 Å². The fourth-order valence-corrected chi connectivity index (χ4v) is 1.80. The summed E-state index contributed by atoms with van der Waals surface area (Å²) in [4.78, 5) is 2.19. The van der Waals surface area contributed by atoms with E-state index < -0.39 is 0 Å². The molecule has 18 heavy (non-hydrogen) atoms. The number of benzene rings is 1. The van der Waals surface area contributed by atoms with Crippen molar-refractivity contribution in [2.75, 3.05) is 27.8 Å². The van der Waals surface area contributed by atoms with Gasteiger partial charge in [0.15, 0.2) is 11.5 Å². The molecule has 0 aliphatic rings. The minimum Gasteiger partial charge on any atom is -0.493 e. The normalized spacial score (nSPS) is 10.2. The van der Waals surface area contributed by atoms with Gasteiger partial charge in [-0.15, -0.1) is 0 Å². The van der Waals surface area contributed by atoms with E-state index in [1.807, 2.05) is 25.2 Å². The van der Waals surface area contributed by atoms with Crippen molar-refractivity contribution in [3.05, 3.63) is 23.8 Å². The summed E-state index contributed by atoms with van der Waals surface area (Å²) in [6.07, 6.45) is 1.51. The number of rotatable bonds is 7. The van der Waals surface area contributed by atoms with Gasteiger partial charge >= 0.3 is 0 Å². The van der Waals surface area contributed by atoms with Crippen molar-refractivity contribution < 1.29 is 9.47 Å². The van der Waals surface area contributed by atoms with Crippen LogP contribution in [0.15, 0.2) is 18.2 Å². The Balaban J connectivity index is 2.59. The molecule has 0 fully saturated rings. The summed E-state index contributed by atoms with van der Waals surface area (Å²) < 4.78 is 10.5. The molecule has 0 radical (unpaired) electrons. The smallest absolute Gasteiger partial charge is 0.161 e. The number of methoxy groups -OCH3 is 2. The zero-order chi connectivity index (χ0) is 13.4. The highest BCUT2D eigenvalue weighted by Gasteiger charge is 2.06. The van der Waals surface area contributed by atoms with E-state index in [4.69, 9.17) is 14.7 Å². The molecule has 0 heterocycles. The van der Waals surface area contributed by atoms with Crippen LogP contribution in [0.25, 0.3) is 0 Å². The van der Waals surface area contributed by atoms with Crippen LogP contribution >= 0.6 is 0 Å². The number of hydrogen-bond donors (Lipinski definition) is 0. The minimum absolute atomic E-state index is 0.607. The Kier molecular flexibility index (Phi) is 6.03. The molecule has 0 saturated carbocycles. The van der Waals surface area contributed by atoms with Gasteiger partial charge in [-0.3, -0.25) is 0 Å². The lowest BCUT2D eigenvalue weighted by atomic mass is 10.2. The van der Waals surface area contributed by atoms with Crippen LogP contribution in [-0.4, -0.2) is 32.7 Å². The molecule has 0 unspecified atom stereocenters.